The summed E-state index contributed by atoms with van der Waals surface area (Å²) in [6.07, 6.45) is 1.71. The van der Waals surface area contributed by atoms with Crippen LogP contribution in [0.4, 0.5) is 0 Å². The monoisotopic (exact) mass is 191 g/mol. The van der Waals surface area contributed by atoms with Crippen LogP contribution in [0.5, 0.6) is 0 Å². The zero-order chi connectivity index (χ0) is 9.97. The Morgan fingerprint density at radius 3 is 2.64 bits per heavy atom. The van der Waals surface area contributed by atoms with Crippen LogP contribution in [0.15, 0.2) is 30.3 Å². The van der Waals surface area contributed by atoms with Gasteiger partial charge in [0.1, 0.15) is 0 Å². The molecule has 76 valence electrons. The van der Waals surface area contributed by atoms with Crippen molar-refractivity contribution in [2.75, 3.05) is 13.6 Å². The van der Waals surface area contributed by atoms with Crippen LogP contribution in [0.3, 0.4) is 0 Å². The zero-order valence-electron chi connectivity index (χ0n) is 8.56. The first-order valence-corrected chi connectivity index (χ1v) is 5.19. The van der Waals surface area contributed by atoms with Crippen molar-refractivity contribution in [1.82, 2.24) is 4.90 Å². The van der Waals surface area contributed by atoms with Gasteiger partial charge >= 0.3 is 0 Å². The third-order valence-corrected chi connectivity index (χ3v) is 3.08. The first kappa shape index (κ1) is 9.69. The Hall–Kier alpha value is -0.860. The van der Waals surface area contributed by atoms with E-state index in [0.29, 0.717) is 6.04 Å². The minimum atomic E-state index is -0.153. The average molecular weight is 191 g/mol. The van der Waals surface area contributed by atoms with E-state index in [1.165, 1.54) is 5.56 Å². The summed E-state index contributed by atoms with van der Waals surface area (Å²) >= 11 is 0. The van der Waals surface area contributed by atoms with Crippen LogP contribution in [0.1, 0.15) is 12.0 Å². The molecular weight excluding hydrogens is 174 g/mol. The first-order valence-electron chi connectivity index (χ1n) is 5.19. The van der Waals surface area contributed by atoms with E-state index < -0.39 is 0 Å². The fraction of sp³-hybridized carbons (Fsp3) is 0.500. The van der Waals surface area contributed by atoms with Crippen molar-refractivity contribution in [3.63, 3.8) is 0 Å². The van der Waals surface area contributed by atoms with Gasteiger partial charge in [0.15, 0.2) is 0 Å². The second kappa shape index (κ2) is 4.11. The van der Waals surface area contributed by atoms with Gasteiger partial charge < -0.3 is 10.0 Å². The predicted octanol–water partition coefficient (Wildman–Crippen LogP) is 1.29. The summed E-state index contributed by atoms with van der Waals surface area (Å²) in [5, 5.41) is 9.78. The normalized spacial score (nSPS) is 28.1. The van der Waals surface area contributed by atoms with Gasteiger partial charge in [0, 0.05) is 12.6 Å². The Labute approximate surface area is 85.2 Å². The fourth-order valence-corrected chi connectivity index (χ4v) is 2.14. The van der Waals surface area contributed by atoms with E-state index >= 15 is 0 Å². The summed E-state index contributed by atoms with van der Waals surface area (Å²) in [4.78, 5) is 2.25. The highest BCUT2D eigenvalue weighted by Crippen LogP contribution is 2.19. The maximum Gasteiger partial charge on any atom is 0.0710 e. The van der Waals surface area contributed by atoms with Gasteiger partial charge in [-0.3, -0.25) is 0 Å². The van der Waals surface area contributed by atoms with E-state index in [9.17, 15) is 5.11 Å². The van der Waals surface area contributed by atoms with Crippen LogP contribution in [-0.2, 0) is 6.42 Å². The van der Waals surface area contributed by atoms with Crippen molar-refractivity contribution in [3.8, 4) is 0 Å². The summed E-state index contributed by atoms with van der Waals surface area (Å²) in [7, 11) is 2.09. The highest BCUT2D eigenvalue weighted by Gasteiger charge is 2.29. The molecule has 1 N–H and O–H groups in total. The number of likely N-dealkylation sites (N-methyl/N-ethyl adjacent to an activating group) is 1. The summed E-state index contributed by atoms with van der Waals surface area (Å²) in [6, 6.07) is 10.7. The zero-order valence-corrected chi connectivity index (χ0v) is 8.56. The molecule has 0 spiro atoms. The van der Waals surface area contributed by atoms with Gasteiger partial charge in [0.25, 0.3) is 0 Å². The number of hydrogen-bond acceptors (Lipinski definition) is 2. The van der Waals surface area contributed by atoms with Crippen LogP contribution in [0, 0.1) is 0 Å². The van der Waals surface area contributed by atoms with Crippen molar-refractivity contribution in [3.05, 3.63) is 35.9 Å². The molecule has 0 saturated carbocycles. The van der Waals surface area contributed by atoms with E-state index in [-0.39, 0.29) is 6.10 Å². The van der Waals surface area contributed by atoms with Gasteiger partial charge in [-0.15, -0.1) is 0 Å². The largest absolute Gasteiger partial charge is 0.391 e. The van der Waals surface area contributed by atoms with Gasteiger partial charge in [-0.2, -0.15) is 0 Å². The van der Waals surface area contributed by atoms with Crippen LogP contribution < -0.4 is 0 Å². The molecule has 0 amide bonds. The number of aliphatic hydroxyl groups excluding tert-OH is 1. The number of likely N-dealkylation sites (tertiary alicyclic amines) is 1. The Bertz CT molecular complexity index is 276. The van der Waals surface area contributed by atoms with Crippen molar-refractivity contribution < 1.29 is 5.11 Å². The van der Waals surface area contributed by atoms with Gasteiger partial charge in [-0.1, -0.05) is 30.3 Å². The maximum atomic E-state index is 9.78. The highest BCUT2D eigenvalue weighted by atomic mass is 16.3. The lowest BCUT2D eigenvalue weighted by molar-refractivity contribution is 0.127. The summed E-state index contributed by atoms with van der Waals surface area (Å²) in [6.45, 7) is 1.01. The van der Waals surface area contributed by atoms with Crippen molar-refractivity contribution in [1.29, 1.82) is 0 Å². The molecule has 1 aliphatic rings. The van der Waals surface area contributed by atoms with Crippen molar-refractivity contribution in [2.24, 2.45) is 0 Å². The Kier molecular flexibility index (Phi) is 2.85. The molecule has 2 nitrogen and oxygen atoms in total. The second-order valence-corrected chi connectivity index (χ2v) is 4.09. The van der Waals surface area contributed by atoms with E-state index in [4.69, 9.17) is 0 Å². The molecule has 1 saturated heterocycles. The van der Waals surface area contributed by atoms with Crippen LogP contribution >= 0.6 is 0 Å². The van der Waals surface area contributed by atoms with Crippen molar-refractivity contribution in [2.45, 2.75) is 25.0 Å². The molecule has 1 aliphatic heterocycles. The number of rotatable bonds is 2. The molecule has 14 heavy (non-hydrogen) atoms. The van der Waals surface area contributed by atoms with E-state index in [2.05, 4.69) is 36.2 Å². The molecule has 1 aromatic carbocycles. The third kappa shape index (κ3) is 1.97. The molecule has 0 radical (unpaired) electrons. The lowest BCUT2D eigenvalue weighted by Gasteiger charge is -2.21. The Morgan fingerprint density at radius 2 is 2.07 bits per heavy atom. The molecule has 1 aromatic rings. The van der Waals surface area contributed by atoms with E-state index in [1.54, 1.807) is 0 Å². The quantitative estimate of drug-likeness (QED) is 0.761. The van der Waals surface area contributed by atoms with E-state index in [1.807, 2.05) is 6.07 Å². The molecule has 1 heterocycles. The van der Waals surface area contributed by atoms with Gasteiger partial charge in [-0.05, 0) is 25.5 Å². The number of benzene rings is 1. The average Bonchev–Trinajstić information content (AvgIpc) is 2.51. The smallest absolute Gasteiger partial charge is 0.0710 e. The Balaban J connectivity index is 2.04. The summed E-state index contributed by atoms with van der Waals surface area (Å²) in [5.41, 5.74) is 1.31. The predicted molar refractivity (Wildman–Crippen MR) is 57.2 cm³/mol. The van der Waals surface area contributed by atoms with Crippen molar-refractivity contribution >= 4 is 0 Å². The minimum Gasteiger partial charge on any atom is -0.391 e. The molecule has 0 bridgehead atoms. The highest BCUT2D eigenvalue weighted by molar-refractivity contribution is 5.16. The molecule has 1 unspecified atom stereocenters. The van der Waals surface area contributed by atoms with E-state index in [0.717, 1.165) is 19.4 Å². The third-order valence-electron chi connectivity index (χ3n) is 3.08. The topological polar surface area (TPSA) is 23.5 Å². The summed E-state index contributed by atoms with van der Waals surface area (Å²) < 4.78 is 0. The molecule has 2 rings (SSSR count). The maximum absolute atomic E-state index is 9.78. The van der Waals surface area contributed by atoms with Crippen LogP contribution in [0.2, 0.25) is 0 Å². The van der Waals surface area contributed by atoms with Gasteiger partial charge in [0.2, 0.25) is 0 Å². The first-order chi connectivity index (χ1) is 6.77. The number of nitrogens with zero attached hydrogens (tertiary/aromatic N) is 1. The molecule has 2 atom stereocenters. The molecule has 0 aromatic heterocycles. The second-order valence-electron chi connectivity index (χ2n) is 4.09. The lowest BCUT2D eigenvalue weighted by atomic mass is 10.0. The summed E-state index contributed by atoms with van der Waals surface area (Å²) in [5.74, 6) is 0. The number of hydrogen-bond donors (Lipinski definition) is 1. The standard InChI is InChI=1S/C12H17NO/c1-13-8-7-12(14)11(13)9-10-5-3-2-4-6-10/h2-6,11-12,14H,7-9H2,1H3/t11-,12?/m0/s1. The molecule has 0 aliphatic carbocycles. The molecular formula is C12H17NO. The minimum absolute atomic E-state index is 0.153. The SMILES string of the molecule is CN1CCC(O)[C@@H]1Cc1ccccc1. The molecule has 1 fully saturated rings. The lowest BCUT2D eigenvalue weighted by Crippen LogP contribution is -2.34. The van der Waals surface area contributed by atoms with Crippen LogP contribution in [-0.4, -0.2) is 35.7 Å². The fourth-order valence-electron chi connectivity index (χ4n) is 2.14. The van der Waals surface area contributed by atoms with Gasteiger partial charge in [-0.25, -0.2) is 0 Å². The van der Waals surface area contributed by atoms with Gasteiger partial charge in [0.05, 0.1) is 6.10 Å². The number of aliphatic hydroxyl groups is 1. The van der Waals surface area contributed by atoms with Crippen LogP contribution in [0.25, 0.3) is 0 Å². The molecule has 2 heteroatoms. The Morgan fingerprint density at radius 1 is 1.36 bits per heavy atom.